The molecular weight excluding hydrogens is 214 g/mol. The zero-order valence-electron chi connectivity index (χ0n) is 7.31. The molecule has 0 radical (unpaired) electrons. The van der Waals surface area contributed by atoms with Crippen molar-refractivity contribution in [2.24, 2.45) is 0 Å². The molecule has 3 nitrogen and oxygen atoms in total. The molecular formula is C6H13NO2S3. The van der Waals surface area contributed by atoms with E-state index in [-0.39, 0.29) is 0 Å². The van der Waals surface area contributed by atoms with Crippen molar-refractivity contribution in [2.45, 2.75) is 18.6 Å². The van der Waals surface area contributed by atoms with Gasteiger partial charge in [-0.05, 0) is 6.42 Å². The van der Waals surface area contributed by atoms with Crippen molar-refractivity contribution in [2.75, 3.05) is 14.1 Å². The molecule has 12 heavy (non-hydrogen) atoms. The van der Waals surface area contributed by atoms with E-state index in [0.29, 0.717) is 11.4 Å². The van der Waals surface area contributed by atoms with Crippen LogP contribution in [0.5, 0.6) is 0 Å². The van der Waals surface area contributed by atoms with Crippen molar-refractivity contribution in [1.29, 1.82) is 0 Å². The molecule has 1 N–H and O–H groups in total. The minimum atomic E-state index is -3.21. The van der Waals surface area contributed by atoms with Crippen LogP contribution in [0.15, 0.2) is 0 Å². The molecule has 2 unspecified atom stereocenters. The van der Waals surface area contributed by atoms with Crippen LogP contribution in [0.4, 0.5) is 0 Å². The summed E-state index contributed by atoms with van der Waals surface area (Å²) in [5, 5.41) is -0.586. The molecule has 72 valence electrons. The SMILES string of the molecule is CCC(C(=S)N(C)C)S(=O)(O)=S. The smallest absolute Gasteiger partial charge is 0.151 e. The first kappa shape index (κ1) is 12.2. The highest BCUT2D eigenvalue weighted by Crippen LogP contribution is 2.08. The summed E-state index contributed by atoms with van der Waals surface area (Å²) in [7, 11) is 0.274. The highest BCUT2D eigenvalue weighted by Gasteiger charge is 2.23. The van der Waals surface area contributed by atoms with Gasteiger partial charge < -0.3 is 9.45 Å². The van der Waals surface area contributed by atoms with Gasteiger partial charge in [0, 0.05) is 25.3 Å². The molecule has 0 heterocycles. The molecule has 0 aliphatic carbocycles. The Morgan fingerprint density at radius 3 is 2.17 bits per heavy atom. The predicted molar refractivity (Wildman–Crippen MR) is 58.5 cm³/mol. The maximum absolute atomic E-state index is 11.1. The Hall–Kier alpha value is 0.220. The topological polar surface area (TPSA) is 40.5 Å². The van der Waals surface area contributed by atoms with Crippen LogP contribution in [0.2, 0.25) is 0 Å². The lowest BCUT2D eigenvalue weighted by atomic mass is 10.3. The maximum atomic E-state index is 11.1. The van der Waals surface area contributed by atoms with Crippen LogP contribution < -0.4 is 0 Å². The first-order chi connectivity index (χ1) is 5.30. The van der Waals surface area contributed by atoms with Crippen molar-refractivity contribution in [3.63, 3.8) is 0 Å². The predicted octanol–water partition coefficient (Wildman–Crippen LogP) is 0.873. The minimum Gasteiger partial charge on any atom is -0.371 e. The largest absolute Gasteiger partial charge is 0.371 e. The number of hydrogen-bond acceptors (Lipinski definition) is 3. The fourth-order valence-electron chi connectivity index (χ4n) is 0.801. The molecule has 2 atom stereocenters. The number of nitrogens with zero attached hydrogens (tertiary/aromatic N) is 1. The first-order valence-electron chi connectivity index (χ1n) is 3.48. The molecule has 6 heteroatoms. The Kier molecular flexibility index (Phi) is 4.54. The van der Waals surface area contributed by atoms with E-state index < -0.39 is 14.0 Å². The Morgan fingerprint density at radius 1 is 1.67 bits per heavy atom. The maximum Gasteiger partial charge on any atom is 0.151 e. The Balaban J connectivity index is 4.71. The van der Waals surface area contributed by atoms with Crippen LogP contribution in [0, 0.1) is 0 Å². The van der Waals surface area contributed by atoms with Gasteiger partial charge in [0.1, 0.15) is 5.25 Å². The lowest BCUT2D eigenvalue weighted by Gasteiger charge is -2.21. The van der Waals surface area contributed by atoms with Crippen LogP contribution in [-0.4, -0.2) is 38.0 Å². The molecule has 0 fully saturated rings. The molecule has 0 saturated carbocycles. The zero-order chi connectivity index (χ0) is 9.94. The number of rotatable bonds is 3. The fourth-order valence-corrected chi connectivity index (χ4v) is 3.11. The van der Waals surface area contributed by atoms with Gasteiger partial charge in [-0.3, -0.25) is 0 Å². The second-order valence-corrected chi connectivity index (χ2v) is 6.09. The normalized spacial score (nSPS) is 18.0. The van der Waals surface area contributed by atoms with Crippen molar-refractivity contribution in [1.82, 2.24) is 4.90 Å². The molecule has 0 spiro atoms. The molecule has 0 aromatic rings. The molecule has 0 aliphatic heterocycles. The van der Waals surface area contributed by atoms with E-state index in [0.717, 1.165) is 0 Å². The monoisotopic (exact) mass is 227 g/mol. The Labute approximate surface area is 83.6 Å². The number of thiocarbonyl (C=S) groups is 1. The van der Waals surface area contributed by atoms with Crippen LogP contribution in [0.25, 0.3) is 0 Å². The van der Waals surface area contributed by atoms with E-state index in [9.17, 15) is 4.21 Å². The van der Waals surface area contributed by atoms with Gasteiger partial charge in [0.2, 0.25) is 0 Å². The standard InChI is InChI=1S/C6H13NO2S3/c1-4-5(12(8,9)11)6(10)7(2)3/h5H,4H2,1-3H3,(H,8,9,11). The highest BCUT2D eigenvalue weighted by molar-refractivity contribution is 8.30. The quantitative estimate of drug-likeness (QED) is 0.725. The molecule has 0 amide bonds. The summed E-state index contributed by atoms with van der Waals surface area (Å²) >= 11 is 9.44. The van der Waals surface area contributed by atoms with E-state index >= 15 is 0 Å². The van der Waals surface area contributed by atoms with Crippen LogP contribution >= 0.6 is 12.2 Å². The van der Waals surface area contributed by atoms with Crippen LogP contribution in [0.3, 0.4) is 0 Å². The van der Waals surface area contributed by atoms with E-state index in [1.165, 1.54) is 0 Å². The molecule has 0 aromatic heterocycles. The third kappa shape index (κ3) is 3.30. The van der Waals surface area contributed by atoms with Crippen molar-refractivity contribution in [3.05, 3.63) is 0 Å². The summed E-state index contributed by atoms with van der Waals surface area (Å²) < 4.78 is 20.2. The Morgan fingerprint density at radius 2 is 2.08 bits per heavy atom. The molecule has 0 aromatic carbocycles. The molecule has 0 bridgehead atoms. The van der Waals surface area contributed by atoms with Crippen LogP contribution in [0.1, 0.15) is 13.3 Å². The third-order valence-electron chi connectivity index (χ3n) is 1.45. The second-order valence-electron chi connectivity index (χ2n) is 2.64. The highest BCUT2D eigenvalue weighted by atomic mass is 32.8. The summed E-state index contributed by atoms with van der Waals surface area (Å²) in [5.74, 6) is 0. The molecule has 0 aliphatic rings. The summed E-state index contributed by atoms with van der Waals surface area (Å²) in [6.07, 6.45) is 0.496. The molecule has 0 saturated heterocycles. The number of hydrogen-bond donors (Lipinski definition) is 1. The summed E-state index contributed by atoms with van der Waals surface area (Å²) in [5.41, 5.74) is 0. The van der Waals surface area contributed by atoms with E-state index in [4.69, 9.17) is 16.8 Å². The van der Waals surface area contributed by atoms with Gasteiger partial charge in [-0.2, -0.15) is 0 Å². The van der Waals surface area contributed by atoms with Gasteiger partial charge in [0.15, 0.2) is 8.77 Å². The molecule has 0 rings (SSSR count). The first-order valence-corrected chi connectivity index (χ1v) is 6.39. The van der Waals surface area contributed by atoms with E-state index in [1.807, 2.05) is 0 Å². The van der Waals surface area contributed by atoms with Crippen LogP contribution in [-0.2, 0) is 20.0 Å². The van der Waals surface area contributed by atoms with Crippen molar-refractivity contribution >= 4 is 37.2 Å². The second kappa shape index (κ2) is 4.45. The summed E-state index contributed by atoms with van der Waals surface area (Å²) in [6.45, 7) is 1.79. The van der Waals surface area contributed by atoms with E-state index in [2.05, 4.69) is 11.2 Å². The van der Waals surface area contributed by atoms with Gasteiger partial charge in [0.05, 0.1) is 4.99 Å². The average Bonchev–Trinajstić information content (AvgIpc) is 1.85. The van der Waals surface area contributed by atoms with Gasteiger partial charge in [-0.25, -0.2) is 4.21 Å². The van der Waals surface area contributed by atoms with Gasteiger partial charge in [-0.1, -0.05) is 19.1 Å². The lowest BCUT2D eigenvalue weighted by molar-refractivity contribution is 0.544. The Bertz CT molecular complexity index is 258. The average molecular weight is 227 g/mol. The van der Waals surface area contributed by atoms with E-state index in [1.54, 1.807) is 25.9 Å². The summed E-state index contributed by atoms with van der Waals surface area (Å²) in [6, 6.07) is 0. The summed E-state index contributed by atoms with van der Waals surface area (Å²) in [4.78, 5) is 2.09. The fraction of sp³-hybridized carbons (Fsp3) is 0.833. The van der Waals surface area contributed by atoms with Gasteiger partial charge in [0.25, 0.3) is 0 Å². The van der Waals surface area contributed by atoms with Crippen molar-refractivity contribution in [3.8, 4) is 0 Å². The van der Waals surface area contributed by atoms with Gasteiger partial charge in [-0.15, -0.1) is 0 Å². The lowest BCUT2D eigenvalue weighted by Crippen LogP contribution is -2.36. The minimum absolute atomic E-state index is 0.444. The third-order valence-corrected chi connectivity index (χ3v) is 4.22. The van der Waals surface area contributed by atoms with Crippen molar-refractivity contribution < 1.29 is 8.76 Å². The van der Waals surface area contributed by atoms with Gasteiger partial charge >= 0.3 is 0 Å². The zero-order valence-corrected chi connectivity index (χ0v) is 9.76.